The fourth-order valence-electron chi connectivity index (χ4n) is 3.83. The summed E-state index contributed by atoms with van der Waals surface area (Å²) in [5.74, 6) is 0.892. The van der Waals surface area contributed by atoms with Gasteiger partial charge in [0.05, 0.1) is 15.9 Å². The molecular weight excluding hydrogens is 432 g/mol. The first kappa shape index (κ1) is 22.9. The Labute approximate surface area is 199 Å². The Balaban J connectivity index is 1.60. The van der Waals surface area contributed by atoms with Gasteiger partial charge in [-0.2, -0.15) is 0 Å². The lowest BCUT2D eigenvalue weighted by Crippen LogP contribution is -2.24. The van der Waals surface area contributed by atoms with Gasteiger partial charge in [0.1, 0.15) is 5.69 Å². The summed E-state index contributed by atoms with van der Waals surface area (Å²) < 4.78 is 0. The summed E-state index contributed by atoms with van der Waals surface area (Å²) in [6, 6.07) is 13.0. The molecule has 0 saturated carbocycles. The van der Waals surface area contributed by atoms with Crippen LogP contribution in [-0.2, 0) is 0 Å². The summed E-state index contributed by atoms with van der Waals surface area (Å²) in [5, 5.41) is 5.73. The Hall–Kier alpha value is -2.28. The minimum absolute atomic E-state index is 0.892. The molecule has 1 aromatic carbocycles. The highest BCUT2D eigenvalue weighted by molar-refractivity contribution is 7.23. The molecule has 0 unspecified atom stereocenters. The van der Waals surface area contributed by atoms with E-state index in [1.54, 1.807) is 22.7 Å². The van der Waals surface area contributed by atoms with E-state index >= 15 is 0 Å². The van der Waals surface area contributed by atoms with Crippen molar-refractivity contribution >= 4 is 39.5 Å². The molecule has 0 radical (unpaired) electrons. The van der Waals surface area contributed by atoms with Gasteiger partial charge in [0.2, 0.25) is 0 Å². The number of aromatic nitrogens is 2. The highest BCUT2D eigenvalue weighted by Gasteiger charge is 2.15. The monoisotopic (exact) mass is 464 g/mol. The van der Waals surface area contributed by atoms with Crippen LogP contribution in [0.25, 0.3) is 31.4 Å². The van der Waals surface area contributed by atoms with Crippen molar-refractivity contribution in [3.8, 4) is 20.3 Å². The fraction of sp³-hybridized carbons (Fsp3) is 0.385. The molecule has 0 bridgehead atoms. The third kappa shape index (κ3) is 5.20. The van der Waals surface area contributed by atoms with Crippen LogP contribution in [0.3, 0.4) is 0 Å². The van der Waals surface area contributed by atoms with Gasteiger partial charge in [-0.3, -0.25) is 0 Å². The number of thiophene rings is 2. The number of hydrogen-bond acceptors (Lipinski definition) is 6. The second kappa shape index (κ2) is 10.6. The zero-order valence-electron chi connectivity index (χ0n) is 19.4. The smallest absolute Gasteiger partial charge is 0.154 e. The van der Waals surface area contributed by atoms with Gasteiger partial charge in [0.15, 0.2) is 5.82 Å². The van der Waals surface area contributed by atoms with E-state index in [0.29, 0.717) is 0 Å². The summed E-state index contributed by atoms with van der Waals surface area (Å²) in [5.41, 5.74) is 5.37. The molecule has 4 aromatic rings. The maximum Gasteiger partial charge on any atom is 0.154 e. The van der Waals surface area contributed by atoms with Crippen molar-refractivity contribution in [3.05, 3.63) is 52.9 Å². The average Bonchev–Trinajstić information content (AvgIpc) is 3.49. The molecule has 0 atom stereocenters. The van der Waals surface area contributed by atoms with Gasteiger partial charge < -0.3 is 10.2 Å². The van der Waals surface area contributed by atoms with Gasteiger partial charge in [-0.1, -0.05) is 19.9 Å². The quantitative estimate of drug-likeness (QED) is 0.251. The van der Waals surface area contributed by atoms with Crippen LogP contribution in [0.15, 0.2) is 41.8 Å². The topological polar surface area (TPSA) is 41.0 Å². The number of fused-ring (bicyclic) bond motifs is 1. The lowest BCUT2D eigenvalue weighted by molar-refractivity contribution is 0.298. The van der Waals surface area contributed by atoms with Crippen LogP contribution < -0.4 is 5.32 Å². The molecule has 0 amide bonds. The highest BCUT2D eigenvalue weighted by atomic mass is 32.1. The average molecular weight is 465 g/mol. The first-order valence-electron chi connectivity index (χ1n) is 11.5. The number of benzene rings is 1. The van der Waals surface area contributed by atoms with E-state index in [0.717, 1.165) is 60.0 Å². The van der Waals surface area contributed by atoms with Crippen molar-refractivity contribution in [2.75, 3.05) is 31.5 Å². The van der Waals surface area contributed by atoms with Crippen LogP contribution in [0.5, 0.6) is 0 Å². The van der Waals surface area contributed by atoms with Crippen molar-refractivity contribution in [1.29, 1.82) is 0 Å². The molecule has 6 heteroatoms. The Morgan fingerprint density at radius 1 is 0.875 bits per heavy atom. The molecule has 168 valence electrons. The van der Waals surface area contributed by atoms with Crippen molar-refractivity contribution in [2.24, 2.45) is 0 Å². The van der Waals surface area contributed by atoms with E-state index in [2.05, 4.69) is 79.7 Å². The molecule has 4 nitrogen and oxygen atoms in total. The van der Waals surface area contributed by atoms with Gasteiger partial charge >= 0.3 is 0 Å². The first-order valence-corrected chi connectivity index (χ1v) is 13.2. The third-order valence-electron chi connectivity index (χ3n) is 5.97. The molecule has 32 heavy (non-hydrogen) atoms. The highest BCUT2D eigenvalue weighted by Crippen LogP contribution is 2.38. The molecule has 0 aliphatic rings. The van der Waals surface area contributed by atoms with Gasteiger partial charge in [-0.05, 0) is 93.2 Å². The van der Waals surface area contributed by atoms with E-state index < -0.39 is 0 Å². The standard InChI is InChI=1S/C26H32N4S2/c1-5-30(6-2)14-8-7-13-27-26-25(24-12-11-23(32-24)22-10-9-15-31-22)28-20-16-18(3)19(4)17-21(20)29-26/h9-12,15-17H,5-8,13-14H2,1-4H3,(H,27,29). The minimum atomic E-state index is 0.892. The van der Waals surface area contributed by atoms with Crippen LogP contribution in [0, 0.1) is 13.8 Å². The molecule has 1 N–H and O–H groups in total. The Morgan fingerprint density at radius 2 is 1.59 bits per heavy atom. The van der Waals surface area contributed by atoms with E-state index in [4.69, 9.17) is 9.97 Å². The molecule has 0 aliphatic heterocycles. The number of anilines is 1. The van der Waals surface area contributed by atoms with E-state index in [1.165, 1.54) is 27.3 Å². The second-order valence-electron chi connectivity index (χ2n) is 8.15. The Bertz CT molecular complexity index is 1160. The van der Waals surface area contributed by atoms with Gasteiger partial charge in [-0.25, -0.2) is 9.97 Å². The molecule has 3 heterocycles. The lowest BCUT2D eigenvalue weighted by Gasteiger charge is -2.17. The molecule has 0 saturated heterocycles. The van der Waals surface area contributed by atoms with E-state index in [-0.39, 0.29) is 0 Å². The summed E-state index contributed by atoms with van der Waals surface area (Å²) >= 11 is 3.56. The van der Waals surface area contributed by atoms with Gasteiger partial charge in [-0.15, -0.1) is 22.7 Å². The van der Waals surface area contributed by atoms with Gasteiger partial charge in [0.25, 0.3) is 0 Å². The third-order valence-corrected chi connectivity index (χ3v) is 8.13. The Morgan fingerprint density at radius 3 is 2.28 bits per heavy atom. The van der Waals surface area contributed by atoms with Crippen LogP contribution in [0.2, 0.25) is 0 Å². The molecule has 0 aliphatic carbocycles. The van der Waals surface area contributed by atoms with Crippen molar-refractivity contribution in [1.82, 2.24) is 14.9 Å². The van der Waals surface area contributed by atoms with E-state index in [1.807, 2.05) is 0 Å². The molecular formula is C26H32N4S2. The predicted molar refractivity (Wildman–Crippen MR) is 141 cm³/mol. The van der Waals surface area contributed by atoms with Crippen LogP contribution in [0.1, 0.15) is 37.8 Å². The summed E-state index contributed by atoms with van der Waals surface area (Å²) in [6.45, 7) is 13.0. The molecule has 0 spiro atoms. The summed E-state index contributed by atoms with van der Waals surface area (Å²) in [4.78, 5) is 16.3. The molecule has 0 fully saturated rings. The van der Waals surface area contributed by atoms with Crippen LogP contribution in [-0.4, -0.2) is 41.0 Å². The Kier molecular flexibility index (Phi) is 7.55. The van der Waals surface area contributed by atoms with Crippen molar-refractivity contribution < 1.29 is 0 Å². The second-order valence-corrected chi connectivity index (χ2v) is 10.2. The number of nitrogens with one attached hydrogen (secondary N) is 1. The predicted octanol–water partition coefficient (Wildman–Crippen LogP) is 7.24. The van der Waals surface area contributed by atoms with Crippen LogP contribution in [0.4, 0.5) is 5.82 Å². The first-order chi connectivity index (χ1) is 15.6. The minimum Gasteiger partial charge on any atom is -0.368 e. The zero-order chi connectivity index (χ0) is 22.5. The zero-order valence-corrected chi connectivity index (χ0v) is 21.1. The van der Waals surface area contributed by atoms with Crippen molar-refractivity contribution in [2.45, 2.75) is 40.5 Å². The SMILES string of the molecule is CCN(CC)CCCCNc1nc2cc(C)c(C)cc2nc1-c1ccc(-c2cccs2)s1. The number of hydrogen-bond donors (Lipinski definition) is 1. The summed E-state index contributed by atoms with van der Waals surface area (Å²) in [6.07, 6.45) is 2.30. The normalized spacial score (nSPS) is 11.5. The summed E-state index contributed by atoms with van der Waals surface area (Å²) in [7, 11) is 0. The van der Waals surface area contributed by atoms with Crippen molar-refractivity contribution in [3.63, 3.8) is 0 Å². The number of nitrogens with zero attached hydrogens (tertiary/aromatic N) is 3. The fourth-order valence-corrected chi connectivity index (χ4v) is 5.66. The maximum atomic E-state index is 5.08. The van der Waals surface area contributed by atoms with Crippen LogP contribution >= 0.6 is 22.7 Å². The van der Waals surface area contributed by atoms with Gasteiger partial charge in [0, 0.05) is 16.3 Å². The maximum absolute atomic E-state index is 5.08. The number of rotatable bonds is 10. The molecule has 3 aromatic heterocycles. The lowest BCUT2D eigenvalue weighted by atomic mass is 10.1. The number of unbranched alkanes of at least 4 members (excludes halogenated alkanes) is 1. The van der Waals surface area contributed by atoms with E-state index in [9.17, 15) is 0 Å². The largest absolute Gasteiger partial charge is 0.368 e. The molecule has 4 rings (SSSR count). The number of aryl methyl sites for hydroxylation is 2.